The summed E-state index contributed by atoms with van der Waals surface area (Å²) in [5, 5.41) is 19.7. The molecule has 1 aromatic carbocycles. The summed E-state index contributed by atoms with van der Waals surface area (Å²) in [6.45, 7) is 1.28. The van der Waals surface area contributed by atoms with Crippen molar-refractivity contribution in [1.29, 1.82) is 5.26 Å². The highest BCUT2D eigenvalue weighted by atomic mass is 19.1. The number of rotatable bonds is 3. The number of hydrogen-bond donors (Lipinski definition) is 1. The molecule has 0 saturated heterocycles. The lowest BCUT2D eigenvalue weighted by Crippen LogP contribution is -2.70. The average Bonchev–Trinajstić information content (AvgIpc) is 2.46. The summed E-state index contributed by atoms with van der Waals surface area (Å²) in [4.78, 5) is 17.0. The van der Waals surface area contributed by atoms with Crippen LogP contribution in [0.1, 0.15) is 12.5 Å². The van der Waals surface area contributed by atoms with Gasteiger partial charge in [-0.3, -0.25) is 9.69 Å². The molecule has 0 spiro atoms. The molecule has 0 aliphatic heterocycles. The second-order valence-corrected chi connectivity index (χ2v) is 4.23. The summed E-state index contributed by atoms with van der Waals surface area (Å²) in [7, 11) is 0. The topological polar surface area (TPSA) is 96.7 Å². The monoisotopic (exact) mass is 286 g/mol. The van der Waals surface area contributed by atoms with Gasteiger partial charge in [-0.05, 0) is 18.2 Å². The number of halogens is 1. The molecule has 2 aromatic rings. The molecule has 0 bridgehead atoms. The predicted octanol–water partition coefficient (Wildman–Crippen LogP) is 1.47. The van der Waals surface area contributed by atoms with Gasteiger partial charge in [0.1, 0.15) is 17.3 Å². The van der Waals surface area contributed by atoms with Crippen molar-refractivity contribution in [3.63, 3.8) is 0 Å². The van der Waals surface area contributed by atoms with Crippen LogP contribution >= 0.6 is 0 Å². The number of nitrogens with zero attached hydrogens (tertiary/aromatic N) is 3. The number of pyridine rings is 1. The smallest absolute Gasteiger partial charge is 0.229 e. The summed E-state index contributed by atoms with van der Waals surface area (Å²) < 4.78 is 13.5. The predicted molar refractivity (Wildman–Crippen MR) is 73.1 cm³/mol. The van der Waals surface area contributed by atoms with E-state index in [2.05, 4.69) is 4.98 Å². The molecule has 21 heavy (non-hydrogen) atoms. The first-order valence-corrected chi connectivity index (χ1v) is 5.98. The quantitative estimate of drug-likeness (QED) is 0.864. The fraction of sp³-hybridized carbons (Fsp3) is 0.0714. The Morgan fingerprint density at radius 2 is 2.19 bits per heavy atom. The second-order valence-electron chi connectivity index (χ2n) is 4.23. The Hall–Kier alpha value is -2.82. The minimum absolute atomic E-state index is 0.0859. The third-order valence-corrected chi connectivity index (χ3v) is 2.72. The SMILES string of the molecule is CC(=O)N(c1cc(F)cc(C#N)c1)c1cc([NH2+][O-])ccn1. The van der Waals surface area contributed by atoms with E-state index in [4.69, 9.17) is 5.26 Å². The summed E-state index contributed by atoms with van der Waals surface area (Å²) in [5.41, 5.74) is 1.22. The van der Waals surface area contributed by atoms with Crippen molar-refractivity contribution < 1.29 is 14.7 Å². The van der Waals surface area contributed by atoms with Gasteiger partial charge in [-0.15, -0.1) is 0 Å². The standard InChI is InChI=1S/C14H11FN4O2/c1-9(20)19(14-7-12(18-21)2-3-17-14)13-5-10(8-16)4-11(15)6-13/h2-7H,18H2,1H3. The van der Waals surface area contributed by atoms with Crippen LogP contribution in [-0.2, 0) is 4.79 Å². The van der Waals surface area contributed by atoms with E-state index in [9.17, 15) is 14.4 Å². The van der Waals surface area contributed by atoms with Crippen LogP contribution in [0.4, 0.5) is 21.6 Å². The van der Waals surface area contributed by atoms with Crippen molar-refractivity contribution in [2.45, 2.75) is 6.92 Å². The first kappa shape index (κ1) is 14.6. The van der Waals surface area contributed by atoms with Crippen molar-refractivity contribution in [3.8, 4) is 6.07 Å². The Labute approximate surface area is 120 Å². The Kier molecular flexibility index (Phi) is 4.23. The number of nitriles is 1. The molecule has 0 saturated carbocycles. The molecule has 0 atom stereocenters. The number of hydrogen-bond acceptors (Lipinski definition) is 4. The molecule has 0 fully saturated rings. The van der Waals surface area contributed by atoms with Crippen LogP contribution in [-0.4, -0.2) is 10.9 Å². The van der Waals surface area contributed by atoms with E-state index in [-0.39, 0.29) is 17.1 Å². The van der Waals surface area contributed by atoms with Crippen LogP contribution in [0.15, 0.2) is 36.5 Å². The fourth-order valence-corrected chi connectivity index (χ4v) is 1.87. The number of nitrogens with two attached hydrogens (primary N) is 1. The maximum atomic E-state index is 13.5. The molecular weight excluding hydrogens is 275 g/mol. The molecule has 7 heteroatoms. The molecule has 1 aromatic heterocycles. The lowest BCUT2D eigenvalue weighted by Gasteiger charge is -2.20. The van der Waals surface area contributed by atoms with Crippen LogP contribution in [0.2, 0.25) is 0 Å². The van der Waals surface area contributed by atoms with Gasteiger partial charge in [0.2, 0.25) is 5.91 Å². The van der Waals surface area contributed by atoms with Gasteiger partial charge in [0.25, 0.3) is 0 Å². The first-order chi connectivity index (χ1) is 10.0. The van der Waals surface area contributed by atoms with Gasteiger partial charge < -0.3 is 10.7 Å². The van der Waals surface area contributed by atoms with Crippen LogP contribution in [0.25, 0.3) is 0 Å². The normalized spacial score (nSPS) is 10.0. The third kappa shape index (κ3) is 3.20. The second kappa shape index (κ2) is 6.09. The average molecular weight is 286 g/mol. The lowest BCUT2D eigenvalue weighted by atomic mass is 10.2. The van der Waals surface area contributed by atoms with E-state index in [1.807, 2.05) is 6.07 Å². The van der Waals surface area contributed by atoms with Crippen LogP contribution < -0.4 is 10.4 Å². The van der Waals surface area contributed by atoms with Crippen molar-refractivity contribution >= 4 is 23.1 Å². The Bertz CT molecular complexity index is 727. The van der Waals surface area contributed by atoms with Crippen molar-refractivity contribution in [1.82, 2.24) is 4.98 Å². The van der Waals surface area contributed by atoms with Gasteiger partial charge in [0, 0.05) is 25.3 Å². The van der Waals surface area contributed by atoms with Crippen molar-refractivity contribution in [3.05, 3.63) is 53.1 Å². The first-order valence-electron chi connectivity index (χ1n) is 5.98. The molecule has 0 unspecified atom stereocenters. The number of benzene rings is 1. The van der Waals surface area contributed by atoms with Crippen LogP contribution in [0.5, 0.6) is 0 Å². The maximum Gasteiger partial charge on any atom is 0.229 e. The fourth-order valence-electron chi connectivity index (χ4n) is 1.87. The number of anilines is 2. The molecule has 1 amide bonds. The summed E-state index contributed by atoms with van der Waals surface area (Å²) in [6, 6.07) is 8.28. The molecule has 0 radical (unpaired) electrons. The lowest BCUT2D eigenvalue weighted by molar-refractivity contribution is -0.497. The minimum atomic E-state index is -0.637. The van der Waals surface area contributed by atoms with Crippen molar-refractivity contribution in [2.75, 3.05) is 4.90 Å². The number of amides is 1. The van der Waals surface area contributed by atoms with E-state index in [0.717, 1.165) is 17.0 Å². The van der Waals surface area contributed by atoms with Gasteiger partial charge in [0.05, 0.1) is 17.3 Å². The van der Waals surface area contributed by atoms with Gasteiger partial charge in [-0.25, -0.2) is 9.37 Å². The van der Waals surface area contributed by atoms with Crippen LogP contribution in [0, 0.1) is 22.4 Å². The van der Waals surface area contributed by atoms with E-state index in [1.54, 1.807) is 0 Å². The molecule has 0 aliphatic carbocycles. The summed E-state index contributed by atoms with van der Waals surface area (Å²) in [6.07, 6.45) is 1.37. The van der Waals surface area contributed by atoms with Crippen LogP contribution in [0.3, 0.4) is 0 Å². The van der Waals surface area contributed by atoms with E-state index in [0.29, 0.717) is 11.2 Å². The zero-order chi connectivity index (χ0) is 15.4. The summed E-state index contributed by atoms with van der Waals surface area (Å²) >= 11 is 0. The van der Waals surface area contributed by atoms with Gasteiger partial charge in [0.15, 0.2) is 0 Å². The highest BCUT2D eigenvalue weighted by Crippen LogP contribution is 2.26. The molecule has 6 nitrogen and oxygen atoms in total. The van der Waals surface area contributed by atoms with Crippen molar-refractivity contribution in [2.24, 2.45) is 0 Å². The molecule has 2 rings (SSSR count). The zero-order valence-electron chi connectivity index (χ0n) is 11.1. The minimum Gasteiger partial charge on any atom is -0.630 e. The van der Waals surface area contributed by atoms with Gasteiger partial charge in [-0.2, -0.15) is 5.26 Å². The number of carbonyl (C=O) groups excluding carboxylic acids is 1. The Morgan fingerprint density at radius 1 is 1.43 bits per heavy atom. The van der Waals surface area contributed by atoms with Gasteiger partial charge >= 0.3 is 0 Å². The molecule has 106 valence electrons. The molecule has 1 heterocycles. The highest BCUT2D eigenvalue weighted by molar-refractivity contribution is 5.98. The number of carbonyl (C=O) groups is 1. The van der Waals surface area contributed by atoms with E-state index >= 15 is 0 Å². The highest BCUT2D eigenvalue weighted by Gasteiger charge is 2.18. The molecule has 2 N–H and O–H groups in total. The maximum absolute atomic E-state index is 13.5. The summed E-state index contributed by atoms with van der Waals surface area (Å²) in [5.74, 6) is -0.872. The number of quaternary nitrogens is 1. The molecular formula is C14H11FN4O2. The van der Waals surface area contributed by atoms with Gasteiger partial charge in [-0.1, -0.05) is 0 Å². The third-order valence-electron chi connectivity index (χ3n) is 2.72. The Balaban J connectivity index is 2.56. The largest absolute Gasteiger partial charge is 0.630 e. The number of aromatic nitrogens is 1. The molecule has 0 aliphatic rings. The van der Waals surface area contributed by atoms with E-state index < -0.39 is 11.7 Å². The Morgan fingerprint density at radius 3 is 2.81 bits per heavy atom. The van der Waals surface area contributed by atoms with E-state index in [1.165, 1.54) is 31.3 Å². The zero-order valence-corrected chi connectivity index (χ0v) is 11.1.